The van der Waals surface area contributed by atoms with Crippen molar-refractivity contribution < 1.29 is 28.8 Å². The first-order valence-electron chi connectivity index (χ1n) is 7.94. The molecule has 0 unspecified atom stereocenters. The average Bonchev–Trinajstić information content (AvgIpc) is 2.53. The molecule has 26 heavy (non-hydrogen) atoms. The first kappa shape index (κ1) is 20.9. The highest BCUT2D eigenvalue weighted by Crippen LogP contribution is 2.03. The molecule has 1 aliphatic heterocycles. The number of rotatable bonds is 10. The zero-order chi connectivity index (χ0) is 19.7. The Kier molecular flexibility index (Phi) is 7.99. The lowest BCUT2D eigenvalue weighted by Gasteiger charge is -2.25. The monoisotopic (exact) mass is 370 g/mol. The van der Waals surface area contributed by atoms with Crippen LogP contribution in [0, 0.1) is 0 Å². The number of amides is 7. The van der Waals surface area contributed by atoms with Gasteiger partial charge in [-0.05, 0) is 12.8 Å². The van der Waals surface area contributed by atoms with Crippen LogP contribution in [-0.4, -0.2) is 54.2 Å². The van der Waals surface area contributed by atoms with Crippen LogP contribution in [0.3, 0.4) is 0 Å². The summed E-state index contributed by atoms with van der Waals surface area (Å²) in [5, 5.41) is 9.13. The number of hydrogen-bond donors (Lipinski definition) is 6. The van der Waals surface area contributed by atoms with Gasteiger partial charge in [0.1, 0.15) is 12.1 Å². The van der Waals surface area contributed by atoms with Gasteiger partial charge in [-0.3, -0.25) is 29.3 Å². The first-order chi connectivity index (χ1) is 12.2. The van der Waals surface area contributed by atoms with E-state index in [4.69, 9.17) is 11.5 Å². The van der Waals surface area contributed by atoms with Crippen LogP contribution < -0.4 is 32.7 Å². The molecule has 2 atom stereocenters. The standard InChI is InChI=1S/C14H22N6O6/c15-9(21)2-1-5-17-12(24)7(3-4-10(16)22)18-13(25)8-6-11(23)20-14(26)19-8/h7-8H,1-6H2,(H2,15,21)(H2,16,22)(H,17,24)(H,18,25)(H2,19,20,23,26)/t7-,8-/m0/s1. The fourth-order valence-corrected chi connectivity index (χ4v) is 2.19. The SMILES string of the molecule is NC(=O)CCCNC(=O)[C@H](CCC(N)=O)NC(=O)[C@@H]1CC(=O)NC(=O)N1. The molecule has 0 aromatic rings. The second-order valence-electron chi connectivity index (χ2n) is 5.71. The number of urea groups is 1. The lowest BCUT2D eigenvalue weighted by molar-refractivity contribution is -0.132. The molecular weight excluding hydrogens is 348 g/mol. The summed E-state index contributed by atoms with van der Waals surface area (Å²) in [6, 6.07) is -3.04. The Morgan fingerprint density at radius 3 is 2.35 bits per heavy atom. The summed E-state index contributed by atoms with van der Waals surface area (Å²) in [6.07, 6.45) is -0.0919. The third-order valence-corrected chi connectivity index (χ3v) is 3.48. The van der Waals surface area contributed by atoms with E-state index in [1.54, 1.807) is 0 Å². The molecule has 144 valence electrons. The smallest absolute Gasteiger partial charge is 0.322 e. The van der Waals surface area contributed by atoms with Gasteiger partial charge in [0.25, 0.3) is 0 Å². The predicted octanol–water partition coefficient (Wildman–Crippen LogP) is -3.28. The van der Waals surface area contributed by atoms with Crippen LogP contribution in [0.4, 0.5) is 4.79 Å². The third kappa shape index (κ3) is 7.59. The van der Waals surface area contributed by atoms with Crippen LogP contribution >= 0.6 is 0 Å². The van der Waals surface area contributed by atoms with Gasteiger partial charge in [-0.1, -0.05) is 0 Å². The minimum atomic E-state index is -1.13. The topological polar surface area (TPSA) is 203 Å². The first-order valence-corrected chi connectivity index (χ1v) is 7.94. The number of primary amides is 2. The number of hydrogen-bond acceptors (Lipinski definition) is 6. The molecule has 8 N–H and O–H groups in total. The average molecular weight is 370 g/mol. The summed E-state index contributed by atoms with van der Waals surface area (Å²) in [4.78, 5) is 68.6. The van der Waals surface area contributed by atoms with Crippen molar-refractivity contribution in [2.75, 3.05) is 6.54 Å². The number of carbonyl (C=O) groups excluding carboxylic acids is 6. The molecular formula is C14H22N6O6. The van der Waals surface area contributed by atoms with E-state index in [1.807, 2.05) is 5.32 Å². The molecule has 7 amide bonds. The molecule has 0 radical (unpaired) electrons. The highest BCUT2D eigenvalue weighted by Gasteiger charge is 2.32. The van der Waals surface area contributed by atoms with Crippen LogP contribution in [0.5, 0.6) is 0 Å². The molecule has 0 saturated carbocycles. The zero-order valence-corrected chi connectivity index (χ0v) is 14.0. The second-order valence-corrected chi connectivity index (χ2v) is 5.71. The van der Waals surface area contributed by atoms with Crippen LogP contribution in [0.15, 0.2) is 0 Å². The van der Waals surface area contributed by atoms with Crippen molar-refractivity contribution in [3.8, 4) is 0 Å². The number of nitrogens with two attached hydrogens (primary N) is 2. The van der Waals surface area contributed by atoms with Gasteiger partial charge in [-0.2, -0.15) is 0 Å². The third-order valence-electron chi connectivity index (χ3n) is 3.48. The zero-order valence-electron chi connectivity index (χ0n) is 14.0. The van der Waals surface area contributed by atoms with Crippen molar-refractivity contribution >= 4 is 35.6 Å². The van der Waals surface area contributed by atoms with Crippen molar-refractivity contribution in [2.45, 2.75) is 44.2 Å². The lowest BCUT2D eigenvalue weighted by Crippen LogP contribution is -2.60. The largest absolute Gasteiger partial charge is 0.370 e. The van der Waals surface area contributed by atoms with Crippen LogP contribution in [-0.2, 0) is 24.0 Å². The molecule has 12 heteroatoms. The van der Waals surface area contributed by atoms with Crippen molar-refractivity contribution in [3.63, 3.8) is 0 Å². The Labute approximate surface area is 148 Å². The molecule has 1 rings (SSSR count). The van der Waals surface area contributed by atoms with E-state index in [-0.39, 0.29) is 32.2 Å². The molecule has 1 aliphatic rings. The number of carbonyl (C=O) groups is 6. The summed E-state index contributed by atoms with van der Waals surface area (Å²) in [5.41, 5.74) is 10.1. The van der Waals surface area contributed by atoms with Gasteiger partial charge in [0.05, 0.1) is 6.42 Å². The molecule has 1 heterocycles. The second kappa shape index (κ2) is 9.96. The number of imide groups is 1. The maximum atomic E-state index is 12.2. The summed E-state index contributed by atoms with van der Waals surface area (Å²) < 4.78 is 0. The van der Waals surface area contributed by atoms with Gasteiger partial charge in [-0.25, -0.2) is 4.79 Å². The fraction of sp³-hybridized carbons (Fsp3) is 0.571. The van der Waals surface area contributed by atoms with Crippen LogP contribution in [0.1, 0.15) is 32.1 Å². The van der Waals surface area contributed by atoms with E-state index in [2.05, 4.69) is 16.0 Å². The van der Waals surface area contributed by atoms with Crippen molar-refractivity contribution in [3.05, 3.63) is 0 Å². The van der Waals surface area contributed by atoms with E-state index in [1.165, 1.54) is 0 Å². The molecule has 0 aliphatic carbocycles. The molecule has 0 bridgehead atoms. The van der Waals surface area contributed by atoms with Crippen molar-refractivity contribution in [2.24, 2.45) is 11.5 Å². The van der Waals surface area contributed by atoms with E-state index in [9.17, 15) is 28.8 Å². The van der Waals surface area contributed by atoms with Gasteiger partial charge in [0.15, 0.2) is 0 Å². The molecule has 0 aromatic heterocycles. The Hall–Kier alpha value is -3.18. The summed E-state index contributed by atoms with van der Waals surface area (Å²) >= 11 is 0. The van der Waals surface area contributed by atoms with Crippen molar-refractivity contribution in [1.29, 1.82) is 0 Å². The molecule has 0 spiro atoms. The van der Waals surface area contributed by atoms with E-state index < -0.39 is 47.7 Å². The maximum absolute atomic E-state index is 12.2. The molecule has 1 saturated heterocycles. The normalized spacial score (nSPS) is 17.5. The van der Waals surface area contributed by atoms with Gasteiger partial charge >= 0.3 is 6.03 Å². The number of nitrogens with one attached hydrogen (secondary N) is 4. The van der Waals surface area contributed by atoms with Gasteiger partial charge in [0.2, 0.25) is 29.5 Å². The van der Waals surface area contributed by atoms with Crippen molar-refractivity contribution in [1.82, 2.24) is 21.3 Å². The Morgan fingerprint density at radius 1 is 1.12 bits per heavy atom. The summed E-state index contributed by atoms with van der Waals surface area (Å²) in [5.74, 6) is -3.12. The van der Waals surface area contributed by atoms with Crippen LogP contribution in [0.25, 0.3) is 0 Å². The van der Waals surface area contributed by atoms with Crippen LogP contribution in [0.2, 0.25) is 0 Å². The summed E-state index contributed by atoms with van der Waals surface area (Å²) in [7, 11) is 0. The van der Waals surface area contributed by atoms with Gasteiger partial charge < -0.3 is 27.4 Å². The minimum absolute atomic E-state index is 0.0599. The fourth-order valence-electron chi connectivity index (χ4n) is 2.19. The highest BCUT2D eigenvalue weighted by molar-refractivity contribution is 6.03. The van der Waals surface area contributed by atoms with Gasteiger partial charge in [0, 0.05) is 19.4 Å². The predicted molar refractivity (Wildman–Crippen MR) is 86.9 cm³/mol. The quantitative estimate of drug-likeness (QED) is 0.217. The Morgan fingerprint density at radius 2 is 1.77 bits per heavy atom. The summed E-state index contributed by atoms with van der Waals surface area (Å²) in [6.45, 7) is 0.146. The molecule has 0 aromatic carbocycles. The molecule has 12 nitrogen and oxygen atoms in total. The Bertz CT molecular complexity index is 591. The Balaban J connectivity index is 2.63. The van der Waals surface area contributed by atoms with E-state index >= 15 is 0 Å². The minimum Gasteiger partial charge on any atom is -0.370 e. The van der Waals surface area contributed by atoms with E-state index in [0.29, 0.717) is 6.42 Å². The maximum Gasteiger partial charge on any atom is 0.322 e. The highest BCUT2D eigenvalue weighted by atomic mass is 16.2. The molecule has 1 fully saturated rings. The van der Waals surface area contributed by atoms with Gasteiger partial charge in [-0.15, -0.1) is 0 Å². The lowest BCUT2D eigenvalue weighted by atomic mass is 10.1. The van der Waals surface area contributed by atoms with E-state index in [0.717, 1.165) is 0 Å².